The molecule has 48 heavy (non-hydrogen) atoms. The second-order valence-electron chi connectivity index (χ2n) is 12.0. The van der Waals surface area contributed by atoms with Gasteiger partial charge in [0.05, 0.1) is 47.7 Å². The molecule has 1 saturated heterocycles. The first-order chi connectivity index (χ1) is 23.7. The van der Waals surface area contributed by atoms with Gasteiger partial charge in [-0.3, -0.25) is 0 Å². The normalized spacial score (nSPS) is 13.1. The zero-order valence-corrected chi connectivity index (χ0v) is 27.4. The van der Waals surface area contributed by atoms with Gasteiger partial charge in [-0.05, 0) is 79.9 Å². The van der Waals surface area contributed by atoms with Crippen molar-refractivity contribution in [2.75, 3.05) is 56.3 Å². The van der Waals surface area contributed by atoms with Crippen molar-refractivity contribution in [2.24, 2.45) is 0 Å². The lowest BCUT2D eigenvalue weighted by Crippen LogP contribution is -2.17. The highest BCUT2D eigenvalue weighted by atomic mass is 16.5. The summed E-state index contributed by atoms with van der Waals surface area (Å²) in [6, 6.07) is 20.2. The molecule has 0 radical (unpaired) electrons. The quantitative estimate of drug-likeness (QED) is 0.0933. The van der Waals surface area contributed by atoms with E-state index in [0.717, 1.165) is 70.4 Å². The molecule has 0 bridgehead atoms. The fraction of sp³-hybridized carbons (Fsp3) is 0.351. The molecule has 1 fully saturated rings. The zero-order valence-electron chi connectivity index (χ0n) is 27.4. The predicted octanol–water partition coefficient (Wildman–Crippen LogP) is 7.24. The molecule has 11 heteroatoms. The van der Waals surface area contributed by atoms with Gasteiger partial charge < -0.3 is 34.4 Å². The van der Waals surface area contributed by atoms with Crippen LogP contribution in [0.5, 0.6) is 11.5 Å². The Morgan fingerprint density at radius 3 is 1.94 bits per heavy atom. The Balaban J connectivity index is 0.814. The molecule has 5 heterocycles. The minimum absolute atomic E-state index is 0.410. The molecule has 0 atom stereocenters. The number of anilines is 2. The Morgan fingerprint density at radius 1 is 0.708 bits per heavy atom. The Hall–Kier alpha value is -5.16. The number of nitrogens with zero attached hydrogens (tertiary/aromatic N) is 5. The van der Waals surface area contributed by atoms with E-state index in [1.54, 1.807) is 12.4 Å². The van der Waals surface area contributed by atoms with Crippen molar-refractivity contribution < 1.29 is 14.2 Å². The zero-order chi connectivity index (χ0) is 32.5. The van der Waals surface area contributed by atoms with Crippen molar-refractivity contribution in [2.45, 2.75) is 39.0 Å². The molecule has 1 aliphatic heterocycles. The third-order valence-electron chi connectivity index (χ3n) is 8.48. The van der Waals surface area contributed by atoms with Crippen LogP contribution in [0.1, 0.15) is 39.0 Å². The molecular formula is C37H42N8O3. The van der Waals surface area contributed by atoms with E-state index in [4.69, 9.17) is 24.2 Å². The van der Waals surface area contributed by atoms with Crippen molar-refractivity contribution in [3.63, 3.8) is 0 Å². The maximum absolute atomic E-state index is 5.82. The number of aromatic amines is 2. The molecule has 6 aromatic rings. The second kappa shape index (κ2) is 15.2. The number of unbranched alkanes of at least 4 members (excludes halogenated alkanes) is 2. The number of fused-ring (bicyclic) bond motifs is 2. The summed E-state index contributed by atoms with van der Waals surface area (Å²) in [6.07, 6.45) is 9.54. The van der Waals surface area contributed by atoms with Crippen molar-refractivity contribution in [3.8, 4) is 34.5 Å². The molecule has 0 aliphatic carbocycles. The van der Waals surface area contributed by atoms with E-state index in [9.17, 15) is 0 Å². The van der Waals surface area contributed by atoms with Crippen molar-refractivity contribution in [3.05, 3.63) is 73.1 Å². The van der Waals surface area contributed by atoms with Gasteiger partial charge in [0.15, 0.2) is 11.6 Å². The van der Waals surface area contributed by atoms with Gasteiger partial charge in [0.2, 0.25) is 0 Å². The Kier molecular flexibility index (Phi) is 9.93. The lowest BCUT2D eigenvalue weighted by Gasteiger charge is -2.16. The number of benzene rings is 2. The molecule has 2 aromatic carbocycles. The van der Waals surface area contributed by atoms with Crippen molar-refractivity contribution >= 4 is 33.4 Å². The molecule has 0 amide bonds. The first-order valence-corrected chi connectivity index (χ1v) is 17.0. The van der Waals surface area contributed by atoms with Gasteiger partial charge >= 0.3 is 0 Å². The number of aromatic nitrogens is 6. The van der Waals surface area contributed by atoms with Crippen LogP contribution < -0.4 is 19.7 Å². The maximum atomic E-state index is 5.82. The van der Waals surface area contributed by atoms with Crippen LogP contribution in [0.2, 0.25) is 0 Å². The van der Waals surface area contributed by atoms with Crippen LogP contribution in [0.3, 0.4) is 0 Å². The number of ether oxygens (including phenoxy) is 3. The summed E-state index contributed by atoms with van der Waals surface area (Å²) in [6.45, 7) is 7.10. The van der Waals surface area contributed by atoms with Gasteiger partial charge in [0.1, 0.15) is 36.1 Å². The smallest absolute Gasteiger partial charge is 0.157 e. The molecule has 11 nitrogen and oxygen atoms in total. The highest BCUT2D eigenvalue weighted by Crippen LogP contribution is 2.27. The Labute approximate surface area is 280 Å². The van der Waals surface area contributed by atoms with E-state index in [0.29, 0.717) is 37.9 Å². The minimum Gasteiger partial charge on any atom is -0.490 e. The van der Waals surface area contributed by atoms with Gasteiger partial charge in [0.25, 0.3) is 0 Å². The van der Waals surface area contributed by atoms with Crippen LogP contribution in [0.15, 0.2) is 73.1 Å². The SMILES string of the molecule is CCCCCNc1ccc2[nH]c(-c3ccc(OCCOCCOc4ccc(-c5nc6cc(N7CCCC7)ccc6[nH]5)nc4)cn3)nc2c1. The number of H-pyrrole nitrogens is 2. The standard InChI is InChI=1S/C37H42N8O3/c1-2-3-4-15-38-26-7-11-30-34(22-26)43-36(41-30)32-13-9-28(24-39-32)47-20-18-46-19-21-48-29-10-14-33(40-25-29)37-42-31-12-8-27(23-35(31)44-37)45-16-5-6-17-45/h7-14,22-25,38H,2-6,15-21H2,1H3,(H,41,43)(H,42,44). The number of imidazole rings is 2. The van der Waals surface area contributed by atoms with Crippen LogP contribution in [0.25, 0.3) is 45.1 Å². The number of rotatable bonds is 16. The molecule has 0 spiro atoms. The third kappa shape index (κ3) is 7.69. The molecule has 0 unspecified atom stereocenters. The summed E-state index contributed by atoms with van der Waals surface area (Å²) in [4.78, 5) is 27.8. The summed E-state index contributed by atoms with van der Waals surface area (Å²) in [5.74, 6) is 2.84. The van der Waals surface area contributed by atoms with Crippen molar-refractivity contribution in [1.29, 1.82) is 0 Å². The fourth-order valence-corrected chi connectivity index (χ4v) is 5.88. The Bertz CT molecular complexity index is 1910. The van der Waals surface area contributed by atoms with E-state index in [-0.39, 0.29) is 0 Å². The van der Waals surface area contributed by atoms with Crippen LogP contribution >= 0.6 is 0 Å². The monoisotopic (exact) mass is 646 g/mol. The van der Waals surface area contributed by atoms with Crippen molar-refractivity contribution in [1.82, 2.24) is 29.9 Å². The number of pyridine rings is 2. The van der Waals surface area contributed by atoms with Crippen LogP contribution in [0.4, 0.5) is 11.4 Å². The fourth-order valence-electron chi connectivity index (χ4n) is 5.88. The second-order valence-corrected chi connectivity index (χ2v) is 12.0. The molecule has 7 rings (SSSR count). The van der Waals surface area contributed by atoms with Crippen LogP contribution in [-0.2, 0) is 4.74 Å². The first-order valence-electron chi connectivity index (χ1n) is 17.0. The number of hydrogen-bond acceptors (Lipinski definition) is 9. The maximum Gasteiger partial charge on any atom is 0.157 e. The number of nitrogens with one attached hydrogen (secondary N) is 3. The summed E-state index contributed by atoms with van der Waals surface area (Å²) < 4.78 is 17.3. The van der Waals surface area contributed by atoms with E-state index < -0.39 is 0 Å². The van der Waals surface area contributed by atoms with Crippen LogP contribution in [-0.4, -0.2) is 76.0 Å². The van der Waals surface area contributed by atoms with Gasteiger partial charge in [-0.2, -0.15) is 0 Å². The van der Waals surface area contributed by atoms with E-state index >= 15 is 0 Å². The average molecular weight is 647 g/mol. The summed E-state index contributed by atoms with van der Waals surface area (Å²) >= 11 is 0. The lowest BCUT2D eigenvalue weighted by atomic mass is 10.2. The predicted molar refractivity (Wildman–Crippen MR) is 190 cm³/mol. The van der Waals surface area contributed by atoms with Gasteiger partial charge in [-0.1, -0.05) is 19.8 Å². The summed E-state index contributed by atoms with van der Waals surface area (Å²) in [5.41, 5.74) is 7.70. The largest absolute Gasteiger partial charge is 0.490 e. The summed E-state index contributed by atoms with van der Waals surface area (Å²) in [7, 11) is 0. The van der Waals surface area contributed by atoms with Gasteiger partial charge in [0, 0.05) is 31.0 Å². The molecule has 248 valence electrons. The van der Waals surface area contributed by atoms with Gasteiger partial charge in [-0.25, -0.2) is 19.9 Å². The topological polar surface area (TPSA) is 126 Å². The lowest BCUT2D eigenvalue weighted by molar-refractivity contribution is 0.0762. The molecule has 3 N–H and O–H groups in total. The highest BCUT2D eigenvalue weighted by molar-refractivity contribution is 5.83. The third-order valence-corrected chi connectivity index (χ3v) is 8.48. The molecule has 4 aromatic heterocycles. The van der Waals surface area contributed by atoms with Gasteiger partial charge in [-0.15, -0.1) is 0 Å². The summed E-state index contributed by atoms with van der Waals surface area (Å²) in [5, 5.41) is 3.48. The minimum atomic E-state index is 0.410. The van der Waals surface area contributed by atoms with E-state index in [1.807, 2.05) is 24.3 Å². The average Bonchev–Trinajstić information content (AvgIpc) is 3.90. The van der Waals surface area contributed by atoms with Crippen LogP contribution in [0, 0.1) is 0 Å². The molecule has 0 saturated carbocycles. The first kappa shape index (κ1) is 31.4. The Morgan fingerprint density at radius 2 is 1.33 bits per heavy atom. The molecular weight excluding hydrogens is 604 g/mol. The highest BCUT2D eigenvalue weighted by Gasteiger charge is 2.14. The van der Waals surface area contributed by atoms with E-state index in [1.165, 1.54) is 37.8 Å². The van der Waals surface area contributed by atoms with E-state index in [2.05, 4.69) is 73.5 Å². The number of hydrogen-bond donors (Lipinski definition) is 3. The molecule has 1 aliphatic rings.